The lowest BCUT2D eigenvalue weighted by Crippen LogP contribution is -2.51. The zero-order chi connectivity index (χ0) is 39.0. The molecule has 4 atom stereocenters. The van der Waals surface area contributed by atoms with Crippen molar-refractivity contribution in [3.05, 3.63) is 60.2 Å². The Kier molecular flexibility index (Phi) is 10.8. The van der Waals surface area contributed by atoms with Gasteiger partial charge in [-0.3, -0.25) is 9.59 Å². The van der Waals surface area contributed by atoms with E-state index in [-0.39, 0.29) is 35.7 Å². The van der Waals surface area contributed by atoms with E-state index in [2.05, 4.69) is 57.0 Å². The molecule has 0 aliphatic carbocycles. The molecule has 4 N–H and O–H groups in total. The van der Waals surface area contributed by atoms with Gasteiger partial charge in [-0.2, -0.15) is 0 Å². The molecule has 15 heteroatoms. The van der Waals surface area contributed by atoms with Crippen molar-refractivity contribution in [3.63, 3.8) is 0 Å². The van der Waals surface area contributed by atoms with Gasteiger partial charge in [0.2, 0.25) is 11.8 Å². The number of imidazole rings is 2. The van der Waals surface area contributed by atoms with Gasteiger partial charge < -0.3 is 39.9 Å². The predicted molar refractivity (Wildman–Crippen MR) is 210 cm³/mol. The van der Waals surface area contributed by atoms with E-state index in [9.17, 15) is 19.2 Å². The first-order chi connectivity index (χ1) is 26.4. The summed E-state index contributed by atoms with van der Waals surface area (Å²) < 4.78 is 9.54. The highest BCUT2D eigenvalue weighted by Gasteiger charge is 2.39. The zero-order valence-corrected chi connectivity index (χ0v) is 32.8. The summed E-state index contributed by atoms with van der Waals surface area (Å²) in [6, 6.07) is 14.8. The number of nitrogens with one attached hydrogen (secondary N) is 4. The third-order valence-electron chi connectivity index (χ3n) is 10.7. The summed E-state index contributed by atoms with van der Waals surface area (Å²) in [6.07, 6.45) is 2.00. The van der Waals surface area contributed by atoms with Crippen molar-refractivity contribution >= 4 is 57.4 Å². The van der Waals surface area contributed by atoms with E-state index >= 15 is 0 Å². The number of rotatable bonds is 10. The number of aromatic nitrogens is 4. The molecule has 0 bridgehead atoms. The molecule has 0 spiro atoms. The van der Waals surface area contributed by atoms with Gasteiger partial charge in [0, 0.05) is 22.8 Å². The molecule has 14 nitrogen and oxygen atoms in total. The maximum atomic E-state index is 13.6. The van der Waals surface area contributed by atoms with Crippen LogP contribution >= 0.6 is 11.3 Å². The molecule has 2 fully saturated rings. The van der Waals surface area contributed by atoms with Crippen LogP contribution in [0.2, 0.25) is 0 Å². The monoisotopic (exact) mass is 768 g/mol. The first-order valence-corrected chi connectivity index (χ1v) is 19.7. The molecular weight excluding hydrogens is 721 g/mol. The van der Waals surface area contributed by atoms with Crippen LogP contribution in [-0.4, -0.2) is 93.1 Å². The molecule has 4 amide bonds. The van der Waals surface area contributed by atoms with Gasteiger partial charge in [-0.25, -0.2) is 19.6 Å². The van der Waals surface area contributed by atoms with Crippen LogP contribution in [0, 0.1) is 11.8 Å². The smallest absolute Gasteiger partial charge is 0.407 e. The Bertz CT molecular complexity index is 2070. The molecular formula is C40H48N8O6S. The Morgan fingerprint density at radius 2 is 1.11 bits per heavy atom. The molecule has 0 saturated carbocycles. The molecule has 2 saturated heterocycles. The fourth-order valence-electron chi connectivity index (χ4n) is 7.71. The van der Waals surface area contributed by atoms with Gasteiger partial charge in [0.1, 0.15) is 23.7 Å². The number of likely N-dealkylation sites (tertiary alicyclic amines) is 2. The summed E-state index contributed by atoms with van der Waals surface area (Å²) in [6.45, 7) is 8.80. The largest absolute Gasteiger partial charge is 0.453 e. The third-order valence-corrected chi connectivity index (χ3v) is 11.8. The first-order valence-electron chi connectivity index (χ1n) is 18.9. The minimum absolute atomic E-state index is 0.109. The molecule has 7 rings (SSSR count). The second-order valence-corrected chi connectivity index (χ2v) is 16.1. The van der Waals surface area contributed by atoms with Gasteiger partial charge in [-0.1, -0.05) is 39.8 Å². The Labute approximate surface area is 323 Å². The average Bonchev–Trinajstić information content (AvgIpc) is 4.02. The fourth-order valence-corrected chi connectivity index (χ4v) is 8.71. The highest BCUT2D eigenvalue weighted by molar-refractivity contribution is 7.18. The second-order valence-electron chi connectivity index (χ2n) is 15.0. The van der Waals surface area contributed by atoms with Crippen LogP contribution in [0.25, 0.3) is 42.9 Å². The molecule has 3 aromatic heterocycles. The van der Waals surface area contributed by atoms with Gasteiger partial charge in [-0.05, 0) is 85.0 Å². The minimum Gasteiger partial charge on any atom is -0.453 e. The number of hydrogen-bond donors (Lipinski definition) is 4. The lowest BCUT2D eigenvalue weighted by Gasteiger charge is -2.29. The van der Waals surface area contributed by atoms with E-state index in [1.54, 1.807) is 11.3 Å². The summed E-state index contributed by atoms with van der Waals surface area (Å²) in [4.78, 5) is 73.8. The van der Waals surface area contributed by atoms with Crippen LogP contribution in [0.5, 0.6) is 0 Å². The van der Waals surface area contributed by atoms with Crippen LogP contribution in [0.4, 0.5) is 9.59 Å². The van der Waals surface area contributed by atoms with Crippen LogP contribution in [0.15, 0.2) is 48.5 Å². The highest BCUT2D eigenvalue weighted by Crippen LogP contribution is 2.39. The fraction of sp³-hybridized carbons (Fsp3) is 0.450. The molecule has 1 unspecified atom stereocenters. The minimum atomic E-state index is -0.692. The quantitative estimate of drug-likeness (QED) is 0.118. The Balaban J connectivity index is 1.08. The third kappa shape index (κ3) is 7.62. The zero-order valence-electron chi connectivity index (χ0n) is 32.0. The summed E-state index contributed by atoms with van der Waals surface area (Å²) in [5.74, 6) is 0.978. The van der Waals surface area contributed by atoms with Crippen molar-refractivity contribution in [1.29, 1.82) is 0 Å². The van der Waals surface area contributed by atoms with Crippen molar-refractivity contribution in [3.8, 4) is 20.9 Å². The van der Waals surface area contributed by atoms with Crippen molar-refractivity contribution in [2.45, 2.75) is 77.5 Å². The normalized spacial score (nSPS) is 18.3. The van der Waals surface area contributed by atoms with E-state index in [1.807, 2.05) is 49.6 Å². The van der Waals surface area contributed by atoms with E-state index in [0.717, 1.165) is 80.3 Å². The van der Waals surface area contributed by atoms with E-state index in [0.29, 0.717) is 13.1 Å². The number of amides is 4. The number of ether oxygens (including phenoxy) is 2. The number of carbonyl (C=O) groups is 4. The molecule has 2 aliphatic heterocycles. The van der Waals surface area contributed by atoms with Crippen LogP contribution < -0.4 is 10.6 Å². The van der Waals surface area contributed by atoms with Crippen LogP contribution in [0.1, 0.15) is 77.1 Å². The molecule has 5 heterocycles. The van der Waals surface area contributed by atoms with Gasteiger partial charge in [0.05, 0.1) is 48.4 Å². The lowest BCUT2D eigenvalue weighted by molar-refractivity contribution is -0.136. The number of nitrogens with zero attached hydrogens (tertiary/aromatic N) is 4. The Morgan fingerprint density at radius 1 is 0.691 bits per heavy atom. The second kappa shape index (κ2) is 15.7. The van der Waals surface area contributed by atoms with Gasteiger partial charge in [-0.15, -0.1) is 11.3 Å². The summed E-state index contributed by atoms with van der Waals surface area (Å²) >= 11 is 1.69. The van der Waals surface area contributed by atoms with Crippen LogP contribution in [-0.2, 0) is 19.1 Å². The topological polar surface area (TPSA) is 175 Å². The summed E-state index contributed by atoms with van der Waals surface area (Å²) in [5, 5.41) is 5.41. The maximum Gasteiger partial charge on any atom is 0.407 e. The molecule has 2 aliphatic rings. The molecule has 55 heavy (non-hydrogen) atoms. The van der Waals surface area contributed by atoms with Crippen molar-refractivity contribution in [2.75, 3.05) is 27.3 Å². The average molecular weight is 769 g/mol. The summed E-state index contributed by atoms with van der Waals surface area (Å²) in [7, 11) is 2.58. The van der Waals surface area contributed by atoms with E-state index in [4.69, 9.17) is 19.4 Å². The van der Waals surface area contributed by atoms with Crippen molar-refractivity contribution in [2.24, 2.45) is 11.8 Å². The van der Waals surface area contributed by atoms with Crippen molar-refractivity contribution < 1.29 is 28.7 Å². The molecule has 5 aromatic rings. The first kappa shape index (κ1) is 37.9. The molecule has 2 aromatic carbocycles. The van der Waals surface area contributed by atoms with E-state index in [1.165, 1.54) is 14.2 Å². The standard InChI is InChI=1S/C40H48N8O6S/c1-21(2)33(45-39(51)53-5)37(49)47-17-7-9-29(47)35-41-25-13-11-23(19-27(25)43-35)31-15-16-32(55-31)24-12-14-26-28(20-24)44-36(42-26)30-10-8-18-48(30)38(50)34(22(3)4)46-40(52)54-6/h11-16,19-22,29-30,33-34H,7-10,17-18H2,1-6H3,(H,41,43)(H,42,44)(H,45,51)(H,46,52)/t29-,30-,33-,34?/m0/s1. The lowest BCUT2D eigenvalue weighted by atomic mass is 10.0. The SMILES string of the molecule is COC(=O)NC(C(=O)N1CCC[C@H]1c1nc2ccc(-c3ccc(-c4ccc5nc([C@@H]6CCCN6C(=O)[C@@H](NC(=O)OC)C(C)C)[nH]c5c4)s3)cc2[nH]1)C(C)C. The van der Waals surface area contributed by atoms with Crippen LogP contribution in [0.3, 0.4) is 0 Å². The van der Waals surface area contributed by atoms with Crippen molar-refractivity contribution in [1.82, 2.24) is 40.4 Å². The molecule has 290 valence electrons. The number of methoxy groups -OCH3 is 2. The van der Waals surface area contributed by atoms with Gasteiger partial charge in [0.15, 0.2) is 0 Å². The predicted octanol–water partition coefficient (Wildman–Crippen LogP) is 6.92. The Morgan fingerprint density at radius 3 is 1.49 bits per heavy atom. The summed E-state index contributed by atoms with van der Waals surface area (Å²) in [5.41, 5.74) is 5.54. The number of benzene rings is 2. The Hall–Kier alpha value is -5.44. The number of thiophene rings is 1. The number of aromatic amines is 2. The van der Waals surface area contributed by atoms with E-state index < -0.39 is 24.3 Å². The highest BCUT2D eigenvalue weighted by atomic mass is 32.1. The molecule has 0 radical (unpaired) electrons. The number of hydrogen-bond acceptors (Lipinski definition) is 9. The number of H-pyrrole nitrogens is 2. The van der Waals surface area contributed by atoms with Gasteiger partial charge in [0.25, 0.3) is 0 Å². The number of alkyl carbamates (subject to hydrolysis) is 2. The number of fused-ring (bicyclic) bond motifs is 2. The maximum absolute atomic E-state index is 13.6. The number of carbonyl (C=O) groups excluding carboxylic acids is 4. The van der Waals surface area contributed by atoms with Gasteiger partial charge >= 0.3 is 12.2 Å².